The molecule has 0 unspecified atom stereocenters. The molecule has 0 aliphatic heterocycles. The van der Waals surface area contributed by atoms with Crippen molar-refractivity contribution in [1.82, 2.24) is 15.2 Å². The summed E-state index contributed by atoms with van der Waals surface area (Å²) < 4.78 is 6.48. The fourth-order valence-corrected chi connectivity index (χ4v) is 5.27. The maximum Gasteiger partial charge on any atom is 0.408 e. The molecule has 2 aliphatic rings. The molecule has 0 saturated heterocycles. The van der Waals surface area contributed by atoms with Crippen LogP contribution in [0.5, 0.6) is 0 Å². The van der Waals surface area contributed by atoms with Gasteiger partial charge in [0.25, 0.3) is 0 Å². The first kappa shape index (κ1) is 28.7. The predicted octanol–water partition coefficient (Wildman–Crippen LogP) is 5.44. The smallest absolute Gasteiger partial charge is 0.408 e. The first-order chi connectivity index (χ1) is 17.7. The third-order valence-corrected chi connectivity index (χ3v) is 7.03. The average molecular weight is 514 g/mol. The van der Waals surface area contributed by atoms with E-state index in [-0.39, 0.29) is 6.42 Å². The third-order valence-electron chi connectivity index (χ3n) is 7.03. The van der Waals surface area contributed by atoms with Crippen LogP contribution in [0.15, 0.2) is 30.5 Å². The molecule has 37 heavy (non-hydrogen) atoms. The van der Waals surface area contributed by atoms with E-state index in [4.69, 9.17) is 4.74 Å². The number of para-hydroxylation sites is 1. The van der Waals surface area contributed by atoms with Crippen molar-refractivity contribution >= 4 is 29.4 Å². The summed E-state index contributed by atoms with van der Waals surface area (Å²) in [5.74, 6) is -1.18. The highest BCUT2D eigenvalue weighted by Crippen LogP contribution is 2.23. The van der Waals surface area contributed by atoms with Gasteiger partial charge >= 0.3 is 12.1 Å². The summed E-state index contributed by atoms with van der Waals surface area (Å²) in [4.78, 5) is 34.4. The van der Waals surface area contributed by atoms with E-state index in [1.807, 2.05) is 0 Å². The Bertz CT molecular complexity index is 1010. The molecule has 204 valence electrons. The Morgan fingerprint density at radius 2 is 1.59 bits per heavy atom. The van der Waals surface area contributed by atoms with Crippen LogP contribution in [0.25, 0.3) is 10.9 Å². The highest BCUT2D eigenvalue weighted by atomic mass is 16.6. The van der Waals surface area contributed by atoms with Crippen LogP contribution in [0.4, 0.5) is 4.79 Å². The van der Waals surface area contributed by atoms with Gasteiger partial charge in [-0.2, -0.15) is 0 Å². The zero-order chi connectivity index (χ0) is 26.8. The van der Waals surface area contributed by atoms with E-state index in [9.17, 15) is 19.5 Å². The first-order valence-electron chi connectivity index (χ1n) is 13.7. The number of amides is 1. The maximum absolute atomic E-state index is 11.8. The molecular formula is C29H43N3O5. The van der Waals surface area contributed by atoms with Crippen LogP contribution < -0.4 is 10.6 Å². The van der Waals surface area contributed by atoms with Crippen molar-refractivity contribution in [1.29, 1.82) is 0 Å². The summed E-state index contributed by atoms with van der Waals surface area (Å²) in [6.45, 7) is 5.08. The lowest BCUT2D eigenvalue weighted by atomic mass is 9.91. The van der Waals surface area contributed by atoms with Crippen LogP contribution in [-0.4, -0.2) is 51.9 Å². The van der Waals surface area contributed by atoms with Gasteiger partial charge in [-0.05, 0) is 58.1 Å². The molecule has 8 nitrogen and oxygen atoms in total. The number of carboxylic acid groups (broad SMARTS) is 1. The molecule has 3 N–H and O–H groups in total. The number of rotatable bonds is 7. The number of nitrogens with one attached hydrogen (secondary N) is 2. The summed E-state index contributed by atoms with van der Waals surface area (Å²) in [5, 5.41) is 16.3. The molecule has 0 spiro atoms. The summed E-state index contributed by atoms with van der Waals surface area (Å²) in [7, 11) is 0. The molecule has 2 saturated carbocycles. The van der Waals surface area contributed by atoms with Crippen LogP contribution in [-0.2, 0) is 20.7 Å². The van der Waals surface area contributed by atoms with Crippen molar-refractivity contribution in [3.63, 3.8) is 0 Å². The Labute approximate surface area is 220 Å². The van der Waals surface area contributed by atoms with Crippen molar-refractivity contribution in [2.75, 3.05) is 0 Å². The Morgan fingerprint density at radius 1 is 1.03 bits per heavy atom. The van der Waals surface area contributed by atoms with E-state index >= 15 is 0 Å². The second kappa shape index (κ2) is 13.6. The number of hydrogen-bond donors (Lipinski definition) is 3. The summed E-state index contributed by atoms with van der Waals surface area (Å²) >= 11 is 0. The van der Waals surface area contributed by atoms with E-state index < -0.39 is 23.7 Å². The monoisotopic (exact) mass is 513 g/mol. The normalized spacial score (nSPS) is 17.9. The third kappa shape index (κ3) is 9.18. The minimum Gasteiger partial charge on any atom is -0.480 e. The minimum atomic E-state index is -1.18. The van der Waals surface area contributed by atoms with Crippen molar-refractivity contribution in [2.45, 2.75) is 115 Å². The predicted molar refractivity (Wildman–Crippen MR) is 145 cm³/mol. The van der Waals surface area contributed by atoms with Crippen LogP contribution in [0.1, 0.15) is 90.5 Å². The van der Waals surface area contributed by atoms with Crippen molar-refractivity contribution < 1.29 is 24.2 Å². The van der Waals surface area contributed by atoms with Crippen molar-refractivity contribution in [2.24, 2.45) is 0 Å². The zero-order valence-electron chi connectivity index (χ0n) is 22.5. The van der Waals surface area contributed by atoms with Gasteiger partial charge in [-0.1, -0.05) is 56.7 Å². The number of hydrogen-bond acceptors (Lipinski definition) is 5. The molecule has 1 heterocycles. The van der Waals surface area contributed by atoms with Crippen molar-refractivity contribution in [3.8, 4) is 0 Å². The Morgan fingerprint density at radius 3 is 2.11 bits per heavy atom. The van der Waals surface area contributed by atoms with Gasteiger partial charge in [-0.25, -0.2) is 9.59 Å². The number of alkyl carbamates (subject to hydrolysis) is 1. The average Bonchev–Trinajstić information content (AvgIpc) is 3.22. The summed E-state index contributed by atoms with van der Waals surface area (Å²) in [5.41, 5.74) is 0.616. The summed E-state index contributed by atoms with van der Waals surface area (Å²) in [6, 6.07) is 7.75. The number of carbonyl (C=O) groups is 3. The fourth-order valence-electron chi connectivity index (χ4n) is 5.27. The van der Waals surface area contributed by atoms with Gasteiger partial charge in [-0.15, -0.1) is 0 Å². The molecule has 2 fully saturated rings. The van der Waals surface area contributed by atoms with E-state index in [0.29, 0.717) is 17.5 Å². The van der Waals surface area contributed by atoms with E-state index in [1.165, 1.54) is 68.8 Å². The van der Waals surface area contributed by atoms with E-state index in [1.54, 1.807) is 51.2 Å². The van der Waals surface area contributed by atoms with Gasteiger partial charge < -0.3 is 20.5 Å². The molecule has 8 heteroatoms. The lowest BCUT2D eigenvalue weighted by Gasteiger charge is -2.30. The first-order valence-corrected chi connectivity index (χ1v) is 13.7. The molecule has 1 amide bonds. The van der Waals surface area contributed by atoms with Gasteiger partial charge in [0.2, 0.25) is 6.41 Å². The largest absolute Gasteiger partial charge is 0.480 e. The number of benzene rings is 1. The Hall–Kier alpha value is -2.87. The Balaban J connectivity index is 0.000000244. The van der Waals surface area contributed by atoms with Crippen molar-refractivity contribution in [3.05, 3.63) is 36.0 Å². The summed E-state index contributed by atoms with van der Waals surface area (Å²) in [6.07, 6.45) is 16.0. The van der Waals surface area contributed by atoms with Crippen LogP contribution in [0, 0.1) is 0 Å². The second-order valence-electron chi connectivity index (χ2n) is 11.3. The number of nitrogens with zero attached hydrogens (tertiary/aromatic N) is 1. The quantitative estimate of drug-likeness (QED) is 0.425. The Kier molecular flexibility index (Phi) is 10.6. The molecule has 1 atom stereocenters. The van der Waals surface area contributed by atoms with E-state index in [0.717, 1.165) is 17.5 Å². The zero-order valence-corrected chi connectivity index (χ0v) is 22.5. The number of aromatic nitrogens is 1. The van der Waals surface area contributed by atoms with Gasteiger partial charge in [0, 0.05) is 30.1 Å². The highest BCUT2D eigenvalue weighted by molar-refractivity contribution is 5.89. The second-order valence-corrected chi connectivity index (χ2v) is 11.3. The van der Waals surface area contributed by atoms with Crippen LogP contribution in [0.3, 0.4) is 0 Å². The number of aliphatic carboxylic acids is 1. The number of carboxylic acids is 1. The lowest BCUT2D eigenvalue weighted by molar-refractivity contribution is -0.139. The van der Waals surface area contributed by atoms with Crippen LogP contribution >= 0.6 is 0 Å². The molecule has 2 aromatic rings. The molecule has 0 radical (unpaired) electrons. The molecule has 2 aliphatic carbocycles. The SMILES string of the molecule is C1CCC(NC2CCCCC2)CC1.CC(C)(C)OC(=O)N[C@@H](Cc1cn(C=O)c2ccccc12)C(=O)O. The molecule has 0 bridgehead atoms. The van der Waals surface area contributed by atoms with Crippen LogP contribution in [0.2, 0.25) is 0 Å². The number of ether oxygens (including phenoxy) is 1. The van der Waals surface area contributed by atoms with Gasteiger partial charge in [0.1, 0.15) is 11.6 Å². The molecule has 4 rings (SSSR count). The molecule has 1 aromatic heterocycles. The van der Waals surface area contributed by atoms with Gasteiger partial charge in [-0.3, -0.25) is 9.36 Å². The minimum absolute atomic E-state index is 0.0376. The van der Waals surface area contributed by atoms with Gasteiger partial charge in [0.15, 0.2) is 0 Å². The lowest BCUT2D eigenvalue weighted by Crippen LogP contribution is -2.44. The maximum atomic E-state index is 11.8. The highest BCUT2D eigenvalue weighted by Gasteiger charge is 2.25. The van der Waals surface area contributed by atoms with Gasteiger partial charge in [0.05, 0.1) is 5.52 Å². The number of carbonyl (C=O) groups excluding carboxylic acids is 2. The fraction of sp³-hybridized carbons (Fsp3) is 0.621. The standard InChI is InChI=1S/C17H20N2O5.C12H23N/c1-17(2,3)24-16(23)18-13(15(21)22)8-11-9-19(10-20)14-7-5-4-6-12(11)14;1-3-7-11(8-4-1)13-12-9-5-2-6-10-12/h4-7,9-10,13H,8H2,1-3H3,(H,18,23)(H,21,22);11-13H,1-10H2/t13-;/m0./s1. The topological polar surface area (TPSA) is 110 Å². The molecule has 1 aromatic carbocycles. The van der Waals surface area contributed by atoms with E-state index in [2.05, 4.69) is 10.6 Å². The number of fused-ring (bicyclic) bond motifs is 1. The molecular weight excluding hydrogens is 470 g/mol.